The highest BCUT2D eigenvalue weighted by Crippen LogP contribution is 2.30. The predicted octanol–water partition coefficient (Wildman–Crippen LogP) is 3.24. The molecular weight excluding hydrogens is 234 g/mol. The fraction of sp³-hybridized carbons (Fsp3) is 0.294. The molecule has 0 amide bonds. The number of nitrogens with one attached hydrogen (secondary N) is 1. The minimum atomic E-state index is 0.242. The van der Waals surface area contributed by atoms with Crippen LogP contribution in [0.3, 0.4) is 0 Å². The van der Waals surface area contributed by atoms with E-state index >= 15 is 0 Å². The Bertz CT molecular complexity index is 574. The molecule has 0 saturated carbocycles. The average Bonchev–Trinajstić information content (AvgIpc) is 2.89. The van der Waals surface area contributed by atoms with Gasteiger partial charge < -0.3 is 10.1 Å². The summed E-state index contributed by atoms with van der Waals surface area (Å²) in [5.74, 6) is 1.04. The lowest BCUT2D eigenvalue weighted by atomic mass is 9.96. The summed E-state index contributed by atoms with van der Waals surface area (Å²) in [7, 11) is 2.01. The van der Waals surface area contributed by atoms with Gasteiger partial charge >= 0.3 is 0 Å². The summed E-state index contributed by atoms with van der Waals surface area (Å²) < 4.78 is 5.57. The number of rotatable bonds is 3. The van der Waals surface area contributed by atoms with Crippen LogP contribution in [0.2, 0.25) is 0 Å². The minimum absolute atomic E-state index is 0.242. The fourth-order valence-corrected chi connectivity index (χ4v) is 2.67. The highest BCUT2D eigenvalue weighted by Gasteiger charge is 2.17. The molecule has 1 aliphatic rings. The Morgan fingerprint density at radius 3 is 2.53 bits per heavy atom. The van der Waals surface area contributed by atoms with Crippen LogP contribution in [-0.2, 0) is 6.42 Å². The van der Waals surface area contributed by atoms with Gasteiger partial charge in [0.05, 0.1) is 12.6 Å². The third kappa shape index (κ3) is 2.36. The average molecular weight is 253 g/mol. The third-order valence-electron chi connectivity index (χ3n) is 3.75. The molecule has 1 N–H and O–H groups in total. The van der Waals surface area contributed by atoms with Gasteiger partial charge in [-0.1, -0.05) is 42.0 Å². The van der Waals surface area contributed by atoms with Crippen LogP contribution in [0.25, 0.3) is 0 Å². The van der Waals surface area contributed by atoms with Crippen molar-refractivity contribution in [3.8, 4) is 5.75 Å². The smallest absolute Gasteiger partial charge is 0.122 e. The number of fused-ring (bicyclic) bond motifs is 1. The van der Waals surface area contributed by atoms with Gasteiger partial charge in [-0.15, -0.1) is 0 Å². The quantitative estimate of drug-likeness (QED) is 0.906. The van der Waals surface area contributed by atoms with E-state index in [0.29, 0.717) is 0 Å². The molecule has 1 atom stereocenters. The lowest BCUT2D eigenvalue weighted by Crippen LogP contribution is -2.17. The van der Waals surface area contributed by atoms with E-state index in [9.17, 15) is 0 Å². The Morgan fingerprint density at radius 2 is 1.79 bits per heavy atom. The number of ether oxygens (including phenoxy) is 1. The second kappa shape index (κ2) is 5.06. The molecule has 0 saturated heterocycles. The molecule has 2 aromatic carbocycles. The first-order valence-electron chi connectivity index (χ1n) is 6.77. The molecule has 19 heavy (non-hydrogen) atoms. The van der Waals surface area contributed by atoms with Crippen molar-refractivity contribution in [2.75, 3.05) is 13.7 Å². The maximum absolute atomic E-state index is 5.57. The zero-order chi connectivity index (χ0) is 13.2. The molecule has 0 radical (unpaired) electrons. The van der Waals surface area contributed by atoms with Crippen LogP contribution >= 0.6 is 0 Å². The molecule has 0 aliphatic carbocycles. The molecule has 0 aromatic heterocycles. The Labute approximate surface area is 114 Å². The van der Waals surface area contributed by atoms with E-state index in [1.807, 2.05) is 7.05 Å². The van der Waals surface area contributed by atoms with Crippen LogP contribution in [0.5, 0.6) is 5.75 Å². The SMILES string of the molecule is CNC(c1ccc(C)cc1)c1ccc2c(c1)CCO2. The molecule has 2 heteroatoms. The van der Waals surface area contributed by atoms with E-state index in [1.54, 1.807) is 0 Å². The van der Waals surface area contributed by atoms with Crippen LogP contribution in [-0.4, -0.2) is 13.7 Å². The monoisotopic (exact) mass is 253 g/mol. The molecular formula is C17H19NO. The molecule has 2 aromatic rings. The fourth-order valence-electron chi connectivity index (χ4n) is 2.67. The van der Waals surface area contributed by atoms with Crippen LogP contribution in [0, 0.1) is 6.92 Å². The number of benzene rings is 2. The molecule has 2 nitrogen and oxygen atoms in total. The van der Waals surface area contributed by atoms with Crippen LogP contribution in [0.4, 0.5) is 0 Å². The van der Waals surface area contributed by atoms with Gasteiger partial charge in [0.15, 0.2) is 0 Å². The summed E-state index contributed by atoms with van der Waals surface area (Å²) in [5, 5.41) is 3.40. The summed E-state index contributed by atoms with van der Waals surface area (Å²) in [5.41, 5.74) is 5.22. The second-order valence-electron chi connectivity index (χ2n) is 5.10. The van der Waals surface area contributed by atoms with Crippen LogP contribution in [0.1, 0.15) is 28.3 Å². The van der Waals surface area contributed by atoms with Gasteiger partial charge in [0.2, 0.25) is 0 Å². The lowest BCUT2D eigenvalue weighted by Gasteiger charge is -2.18. The first-order chi connectivity index (χ1) is 9.28. The van der Waals surface area contributed by atoms with Crippen molar-refractivity contribution in [1.82, 2.24) is 5.32 Å². The second-order valence-corrected chi connectivity index (χ2v) is 5.10. The van der Waals surface area contributed by atoms with Crippen molar-refractivity contribution in [3.63, 3.8) is 0 Å². The Hall–Kier alpha value is -1.80. The van der Waals surface area contributed by atoms with E-state index in [4.69, 9.17) is 4.74 Å². The van der Waals surface area contributed by atoms with Gasteiger partial charge in [0.25, 0.3) is 0 Å². The van der Waals surface area contributed by atoms with Crippen LogP contribution < -0.4 is 10.1 Å². The molecule has 0 fully saturated rings. The standard InChI is InChI=1S/C17H19NO/c1-12-3-5-13(6-4-12)17(18-2)15-7-8-16-14(11-15)9-10-19-16/h3-8,11,17-18H,9-10H2,1-2H3. The molecule has 3 rings (SSSR count). The zero-order valence-electron chi connectivity index (χ0n) is 11.4. The van der Waals surface area contributed by atoms with E-state index in [1.165, 1.54) is 22.3 Å². The normalized spacial score (nSPS) is 14.8. The highest BCUT2D eigenvalue weighted by molar-refractivity contribution is 5.43. The summed E-state index contributed by atoms with van der Waals surface area (Å²) >= 11 is 0. The summed E-state index contributed by atoms with van der Waals surface area (Å²) in [6.45, 7) is 2.93. The summed E-state index contributed by atoms with van der Waals surface area (Å²) in [4.78, 5) is 0. The molecule has 1 heterocycles. The lowest BCUT2D eigenvalue weighted by molar-refractivity contribution is 0.357. The molecule has 1 aliphatic heterocycles. The molecule has 0 spiro atoms. The molecule has 1 unspecified atom stereocenters. The van der Waals surface area contributed by atoms with Crippen molar-refractivity contribution < 1.29 is 4.74 Å². The van der Waals surface area contributed by atoms with Gasteiger partial charge in [-0.05, 0) is 36.7 Å². The van der Waals surface area contributed by atoms with Gasteiger partial charge in [-0.3, -0.25) is 0 Å². The Kier molecular flexibility index (Phi) is 3.26. The maximum Gasteiger partial charge on any atom is 0.122 e. The van der Waals surface area contributed by atoms with E-state index in [-0.39, 0.29) is 6.04 Å². The van der Waals surface area contributed by atoms with E-state index < -0.39 is 0 Å². The molecule has 0 bridgehead atoms. The summed E-state index contributed by atoms with van der Waals surface area (Å²) in [6, 6.07) is 15.5. The van der Waals surface area contributed by atoms with Crippen molar-refractivity contribution in [1.29, 1.82) is 0 Å². The van der Waals surface area contributed by atoms with Crippen molar-refractivity contribution in [2.45, 2.75) is 19.4 Å². The van der Waals surface area contributed by atoms with Gasteiger partial charge in [0, 0.05) is 6.42 Å². The first-order valence-corrected chi connectivity index (χ1v) is 6.77. The van der Waals surface area contributed by atoms with Crippen molar-refractivity contribution in [2.24, 2.45) is 0 Å². The number of hydrogen-bond acceptors (Lipinski definition) is 2. The largest absolute Gasteiger partial charge is 0.493 e. The Morgan fingerprint density at radius 1 is 1.05 bits per heavy atom. The Balaban J connectivity index is 1.96. The predicted molar refractivity (Wildman–Crippen MR) is 77.7 cm³/mol. The van der Waals surface area contributed by atoms with Crippen molar-refractivity contribution in [3.05, 3.63) is 64.7 Å². The first kappa shape index (κ1) is 12.2. The topological polar surface area (TPSA) is 21.3 Å². The minimum Gasteiger partial charge on any atom is -0.493 e. The summed E-state index contributed by atoms with van der Waals surface area (Å²) in [6.07, 6.45) is 1.02. The number of aryl methyl sites for hydroxylation is 1. The van der Waals surface area contributed by atoms with E-state index in [0.717, 1.165) is 18.8 Å². The van der Waals surface area contributed by atoms with Gasteiger partial charge in [-0.2, -0.15) is 0 Å². The van der Waals surface area contributed by atoms with Gasteiger partial charge in [-0.25, -0.2) is 0 Å². The third-order valence-corrected chi connectivity index (χ3v) is 3.75. The van der Waals surface area contributed by atoms with Crippen molar-refractivity contribution >= 4 is 0 Å². The highest BCUT2D eigenvalue weighted by atomic mass is 16.5. The molecule has 98 valence electrons. The van der Waals surface area contributed by atoms with Crippen LogP contribution in [0.15, 0.2) is 42.5 Å². The number of hydrogen-bond donors (Lipinski definition) is 1. The zero-order valence-corrected chi connectivity index (χ0v) is 11.4. The van der Waals surface area contributed by atoms with E-state index in [2.05, 4.69) is 54.7 Å². The van der Waals surface area contributed by atoms with Gasteiger partial charge in [0.1, 0.15) is 5.75 Å². The maximum atomic E-state index is 5.57.